The molecule has 1 N–H and O–H groups in total. The van der Waals surface area contributed by atoms with Crippen molar-refractivity contribution < 1.29 is 5.11 Å². The van der Waals surface area contributed by atoms with E-state index in [-0.39, 0.29) is 0 Å². The maximum atomic E-state index is 11.3. The molecule has 0 aromatic heterocycles. The number of rotatable bonds is 3. The molecule has 0 aromatic rings. The van der Waals surface area contributed by atoms with E-state index in [0.29, 0.717) is 17.8 Å². The van der Waals surface area contributed by atoms with Gasteiger partial charge in [0.05, 0.1) is 17.1 Å². The van der Waals surface area contributed by atoms with Gasteiger partial charge in [-0.2, -0.15) is 5.26 Å². The van der Waals surface area contributed by atoms with Crippen molar-refractivity contribution in [3.63, 3.8) is 0 Å². The molecule has 2 rings (SSSR count). The molecular weight excluding hydrogens is 246 g/mol. The summed E-state index contributed by atoms with van der Waals surface area (Å²) in [5.74, 6) is 1.87. The number of aliphatic hydroxyl groups is 1. The minimum atomic E-state index is -0.728. The second kappa shape index (κ2) is 6.06. The molecule has 2 fully saturated rings. The van der Waals surface area contributed by atoms with E-state index >= 15 is 0 Å². The summed E-state index contributed by atoms with van der Waals surface area (Å²) in [6, 6.07) is 2.58. The number of hydrogen-bond acceptors (Lipinski definition) is 2. The fraction of sp³-hybridized carbons (Fsp3) is 0.944. The van der Waals surface area contributed by atoms with E-state index in [1.807, 2.05) is 0 Å². The monoisotopic (exact) mass is 277 g/mol. The molecule has 4 atom stereocenters. The van der Waals surface area contributed by atoms with Crippen LogP contribution < -0.4 is 0 Å². The molecule has 0 saturated heterocycles. The Morgan fingerprint density at radius 1 is 1.20 bits per heavy atom. The van der Waals surface area contributed by atoms with Gasteiger partial charge in [0.15, 0.2) is 0 Å². The Hall–Kier alpha value is -0.550. The van der Waals surface area contributed by atoms with Crippen LogP contribution in [-0.4, -0.2) is 10.7 Å². The van der Waals surface area contributed by atoms with E-state index in [2.05, 4.69) is 26.8 Å². The summed E-state index contributed by atoms with van der Waals surface area (Å²) in [6.45, 7) is 6.76. The summed E-state index contributed by atoms with van der Waals surface area (Å²) in [5, 5.41) is 21.2. The highest BCUT2D eigenvalue weighted by atomic mass is 16.3. The molecule has 4 unspecified atom stereocenters. The SMILES string of the molecule is CC(C)CC1CCCC(O)(C2(C#N)CCCC(C)C2)C1. The van der Waals surface area contributed by atoms with Gasteiger partial charge in [0.2, 0.25) is 0 Å². The molecule has 2 saturated carbocycles. The van der Waals surface area contributed by atoms with E-state index in [0.717, 1.165) is 38.5 Å². The van der Waals surface area contributed by atoms with Crippen LogP contribution in [0.25, 0.3) is 0 Å². The lowest BCUT2D eigenvalue weighted by atomic mass is 9.56. The molecule has 114 valence electrons. The van der Waals surface area contributed by atoms with Crippen LogP contribution in [0.4, 0.5) is 0 Å². The third-order valence-electron chi connectivity index (χ3n) is 5.74. The van der Waals surface area contributed by atoms with Gasteiger partial charge in [0, 0.05) is 0 Å². The predicted molar refractivity (Wildman–Crippen MR) is 82.0 cm³/mol. The first kappa shape index (κ1) is 15.8. The normalized spacial score (nSPS) is 42.4. The number of nitriles is 1. The molecule has 0 heterocycles. The van der Waals surface area contributed by atoms with E-state index in [4.69, 9.17) is 0 Å². The molecule has 0 bridgehead atoms. The standard InChI is InChI=1S/C18H31NO/c1-14(2)10-16-7-5-9-18(20,12-16)17(13-19)8-4-6-15(3)11-17/h14-16,20H,4-12H2,1-3H3. The first-order valence-corrected chi connectivity index (χ1v) is 8.54. The van der Waals surface area contributed by atoms with E-state index in [9.17, 15) is 10.4 Å². The van der Waals surface area contributed by atoms with Crippen LogP contribution >= 0.6 is 0 Å². The summed E-state index contributed by atoms with van der Waals surface area (Å²) >= 11 is 0. The molecule has 0 radical (unpaired) electrons. The lowest BCUT2D eigenvalue weighted by Gasteiger charge is -2.50. The lowest BCUT2D eigenvalue weighted by Crippen LogP contribution is -2.52. The van der Waals surface area contributed by atoms with Crippen molar-refractivity contribution in [3.05, 3.63) is 0 Å². The van der Waals surface area contributed by atoms with Crippen molar-refractivity contribution in [3.8, 4) is 6.07 Å². The lowest BCUT2D eigenvalue weighted by molar-refractivity contribution is -0.117. The van der Waals surface area contributed by atoms with E-state index < -0.39 is 11.0 Å². The zero-order chi connectivity index (χ0) is 14.8. The van der Waals surface area contributed by atoms with Crippen LogP contribution in [0.1, 0.15) is 78.6 Å². The van der Waals surface area contributed by atoms with Gasteiger partial charge in [-0.25, -0.2) is 0 Å². The Morgan fingerprint density at radius 3 is 2.50 bits per heavy atom. The van der Waals surface area contributed by atoms with Crippen LogP contribution in [-0.2, 0) is 0 Å². The van der Waals surface area contributed by atoms with Crippen molar-refractivity contribution in [2.24, 2.45) is 23.2 Å². The number of nitrogens with zero attached hydrogens (tertiary/aromatic N) is 1. The maximum absolute atomic E-state index is 11.3. The summed E-state index contributed by atoms with van der Waals surface area (Å²) < 4.78 is 0. The zero-order valence-electron chi connectivity index (χ0n) is 13.5. The predicted octanol–water partition coefficient (Wildman–Crippen LogP) is 4.67. The minimum absolute atomic E-state index is 0.472. The van der Waals surface area contributed by atoms with Gasteiger partial charge >= 0.3 is 0 Å². The third-order valence-corrected chi connectivity index (χ3v) is 5.74. The van der Waals surface area contributed by atoms with E-state index in [1.165, 1.54) is 19.3 Å². The van der Waals surface area contributed by atoms with Crippen LogP contribution in [0.2, 0.25) is 0 Å². The average molecular weight is 277 g/mol. The smallest absolute Gasteiger partial charge is 0.0862 e. The highest BCUT2D eigenvalue weighted by molar-refractivity contribution is 5.14. The summed E-state index contributed by atoms with van der Waals surface area (Å²) in [7, 11) is 0. The van der Waals surface area contributed by atoms with Crippen LogP contribution in [0.15, 0.2) is 0 Å². The molecule has 2 heteroatoms. The van der Waals surface area contributed by atoms with Crippen molar-refractivity contribution in [1.82, 2.24) is 0 Å². The van der Waals surface area contributed by atoms with Crippen molar-refractivity contribution in [2.45, 2.75) is 84.2 Å². The molecule has 0 aliphatic heterocycles. The Morgan fingerprint density at radius 2 is 1.90 bits per heavy atom. The Kier molecular flexibility index (Phi) is 4.80. The average Bonchev–Trinajstić information content (AvgIpc) is 2.37. The van der Waals surface area contributed by atoms with Crippen LogP contribution in [0.5, 0.6) is 0 Å². The molecule has 0 spiro atoms. The summed E-state index contributed by atoms with van der Waals surface area (Å²) in [5.41, 5.74) is -1.20. The van der Waals surface area contributed by atoms with Gasteiger partial charge in [-0.05, 0) is 49.9 Å². The van der Waals surface area contributed by atoms with Gasteiger partial charge in [-0.1, -0.05) is 46.5 Å². The van der Waals surface area contributed by atoms with Gasteiger partial charge in [0.25, 0.3) is 0 Å². The Balaban J connectivity index is 2.16. The molecule has 2 nitrogen and oxygen atoms in total. The van der Waals surface area contributed by atoms with Crippen molar-refractivity contribution >= 4 is 0 Å². The fourth-order valence-corrected chi connectivity index (χ4v) is 4.85. The molecule has 2 aliphatic rings. The Labute approximate surface area is 124 Å². The maximum Gasteiger partial charge on any atom is 0.0862 e. The Bertz CT molecular complexity index is 372. The highest BCUT2D eigenvalue weighted by Crippen LogP contribution is 2.53. The van der Waals surface area contributed by atoms with Crippen molar-refractivity contribution in [2.75, 3.05) is 0 Å². The molecule has 2 aliphatic carbocycles. The third kappa shape index (κ3) is 3.03. The van der Waals surface area contributed by atoms with Crippen molar-refractivity contribution in [1.29, 1.82) is 5.26 Å². The topological polar surface area (TPSA) is 44.0 Å². The number of hydrogen-bond donors (Lipinski definition) is 1. The summed E-state index contributed by atoms with van der Waals surface area (Å²) in [6.07, 6.45) is 9.32. The molecule has 20 heavy (non-hydrogen) atoms. The van der Waals surface area contributed by atoms with E-state index in [1.54, 1.807) is 0 Å². The van der Waals surface area contributed by atoms with Crippen LogP contribution in [0, 0.1) is 34.5 Å². The first-order valence-electron chi connectivity index (χ1n) is 8.54. The quantitative estimate of drug-likeness (QED) is 0.814. The second-order valence-electron chi connectivity index (χ2n) is 8.02. The minimum Gasteiger partial charge on any atom is -0.388 e. The van der Waals surface area contributed by atoms with Gasteiger partial charge in [0.1, 0.15) is 0 Å². The fourth-order valence-electron chi connectivity index (χ4n) is 4.85. The van der Waals surface area contributed by atoms with Crippen LogP contribution in [0.3, 0.4) is 0 Å². The zero-order valence-corrected chi connectivity index (χ0v) is 13.5. The largest absolute Gasteiger partial charge is 0.388 e. The van der Waals surface area contributed by atoms with Gasteiger partial charge < -0.3 is 5.11 Å². The molecular formula is C18H31NO. The van der Waals surface area contributed by atoms with Gasteiger partial charge in [-0.3, -0.25) is 0 Å². The molecule has 0 amide bonds. The molecule has 0 aromatic carbocycles. The van der Waals surface area contributed by atoms with Gasteiger partial charge in [-0.15, -0.1) is 0 Å². The second-order valence-corrected chi connectivity index (χ2v) is 8.02. The highest BCUT2D eigenvalue weighted by Gasteiger charge is 2.53. The summed E-state index contributed by atoms with van der Waals surface area (Å²) in [4.78, 5) is 0. The first-order chi connectivity index (χ1) is 9.41.